The number of aromatic nitrogens is 1. The van der Waals surface area contributed by atoms with Crippen LogP contribution in [0.15, 0.2) is 23.4 Å². The first kappa shape index (κ1) is 16.6. The van der Waals surface area contributed by atoms with Crippen molar-refractivity contribution in [2.24, 2.45) is 5.92 Å². The molecule has 0 aliphatic heterocycles. The van der Waals surface area contributed by atoms with Crippen LogP contribution in [0, 0.1) is 5.92 Å². The minimum Gasteiger partial charge on any atom is -0.481 e. The molecule has 2 N–H and O–H groups in total. The van der Waals surface area contributed by atoms with Gasteiger partial charge >= 0.3 is 11.5 Å². The molecule has 2 rings (SSSR count). The highest BCUT2D eigenvalue weighted by atomic mass is 32.2. The maximum absolute atomic E-state index is 12.5. The third kappa shape index (κ3) is 4.36. The number of alkyl halides is 3. The second-order valence-corrected chi connectivity index (χ2v) is 5.98. The second-order valence-electron chi connectivity index (χ2n) is 4.92. The normalized spacial score (nSPS) is 21.6. The molecule has 2 atom stereocenters. The Labute approximate surface area is 128 Å². The zero-order valence-electron chi connectivity index (χ0n) is 11.3. The van der Waals surface area contributed by atoms with Crippen LogP contribution in [0.2, 0.25) is 0 Å². The quantitative estimate of drug-likeness (QED) is 0.828. The molecule has 0 radical (unpaired) electrons. The summed E-state index contributed by atoms with van der Waals surface area (Å²) in [4.78, 5) is 26.6. The van der Waals surface area contributed by atoms with Crippen LogP contribution in [0.1, 0.15) is 29.6 Å². The van der Waals surface area contributed by atoms with Gasteiger partial charge in [0.05, 0.1) is 11.5 Å². The molecule has 0 unspecified atom stereocenters. The lowest BCUT2D eigenvalue weighted by molar-refractivity contribution is -0.141. The molecule has 0 aromatic carbocycles. The molecule has 0 bridgehead atoms. The average molecular weight is 334 g/mol. The van der Waals surface area contributed by atoms with Crippen molar-refractivity contribution in [3.8, 4) is 0 Å². The van der Waals surface area contributed by atoms with Crippen LogP contribution >= 0.6 is 11.8 Å². The zero-order valence-corrected chi connectivity index (χ0v) is 12.1. The number of hydrogen-bond donors (Lipinski definition) is 2. The van der Waals surface area contributed by atoms with E-state index in [2.05, 4.69) is 10.3 Å². The van der Waals surface area contributed by atoms with E-state index in [-0.39, 0.29) is 18.0 Å². The van der Waals surface area contributed by atoms with Gasteiger partial charge in [0.25, 0.3) is 5.91 Å². The van der Waals surface area contributed by atoms with E-state index < -0.39 is 40.1 Å². The smallest absolute Gasteiger partial charge is 0.447 e. The van der Waals surface area contributed by atoms with E-state index in [0.717, 1.165) is 0 Å². The summed E-state index contributed by atoms with van der Waals surface area (Å²) in [6.45, 7) is 0. The summed E-state index contributed by atoms with van der Waals surface area (Å²) >= 11 is -0.447. The lowest BCUT2D eigenvalue weighted by Gasteiger charge is -2.14. The highest BCUT2D eigenvalue weighted by molar-refractivity contribution is 8.00. The fourth-order valence-electron chi connectivity index (χ4n) is 2.35. The van der Waals surface area contributed by atoms with Gasteiger partial charge in [0, 0.05) is 24.0 Å². The summed E-state index contributed by atoms with van der Waals surface area (Å²) < 4.78 is 37.4. The first-order valence-electron chi connectivity index (χ1n) is 6.50. The Hall–Kier alpha value is -1.77. The predicted octanol–water partition coefficient (Wildman–Crippen LogP) is 2.68. The molecule has 1 heterocycles. The Kier molecular flexibility index (Phi) is 4.94. The fraction of sp³-hybridized carbons (Fsp3) is 0.462. The topological polar surface area (TPSA) is 79.3 Å². The average Bonchev–Trinajstić information content (AvgIpc) is 2.86. The number of carbonyl (C=O) groups is 2. The molecule has 1 fully saturated rings. The van der Waals surface area contributed by atoms with Gasteiger partial charge in [-0.05, 0) is 31.4 Å². The zero-order chi connectivity index (χ0) is 16.3. The Morgan fingerprint density at radius 3 is 2.68 bits per heavy atom. The van der Waals surface area contributed by atoms with Crippen molar-refractivity contribution in [2.75, 3.05) is 0 Å². The van der Waals surface area contributed by atoms with Gasteiger partial charge in [-0.3, -0.25) is 9.59 Å². The first-order chi connectivity index (χ1) is 10.3. The Morgan fingerprint density at radius 2 is 2.09 bits per heavy atom. The summed E-state index contributed by atoms with van der Waals surface area (Å²) in [5.41, 5.74) is -4.70. The number of nitrogens with one attached hydrogen (secondary N) is 1. The van der Waals surface area contributed by atoms with Crippen LogP contribution in [0.25, 0.3) is 0 Å². The van der Waals surface area contributed by atoms with Gasteiger partial charge in [-0.15, -0.1) is 0 Å². The summed E-state index contributed by atoms with van der Waals surface area (Å²) in [6.07, 6.45) is 2.39. The van der Waals surface area contributed by atoms with Crippen LogP contribution in [0.3, 0.4) is 0 Å². The number of nitrogens with zero attached hydrogens (tertiary/aromatic N) is 1. The van der Waals surface area contributed by atoms with Crippen LogP contribution in [-0.2, 0) is 4.79 Å². The van der Waals surface area contributed by atoms with Gasteiger partial charge in [0.15, 0.2) is 0 Å². The summed E-state index contributed by atoms with van der Waals surface area (Å²) in [6, 6.07) is 2.29. The minimum absolute atomic E-state index is 0.163. The summed E-state index contributed by atoms with van der Waals surface area (Å²) in [5, 5.41) is 11.1. The van der Waals surface area contributed by atoms with Gasteiger partial charge in [0.2, 0.25) is 0 Å². The molecule has 1 aliphatic carbocycles. The number of halogens is 3. The third-order valence-corrected chi connectivity index (χ3v) is 4.10. The SMILES string of the molecule is O=C(N[C@H]1CC[C@@H](C(=O)O)C1)c1cccnc1SC(F)(F)F. The first-order valence-corrected chi connectivity index (χ1v) is 7.32. The number of thioether (sulfide) groups is 1. The molecule has 1 aliphatic rings. The molecule has 120 valence electrons. The lowest BCUT2D eigenvalue weighted by Crippen LogP contribution is -2.33. The van der Waals surface area contributed by atoms with E-state index in [4.69, 9.17) is 5.11 Å². The molecule has 1 aromatic rings. The maximum atomic E-state index is 12.5. The molecular formula is C13H13F3N2O3S. The number of amides is 1. The van der Waals surface area contributed by atoms with Crippen LogP contribution in [0.4, 0.5) is 13.2 Å². The van der Waals surface area contributed by atoms with Crippen molar-refractivity contribution in [3.05, 3.63) is 23.9 Å². The van der Waals surface area contributed by atoms with Crippen LogP contribution < -0.4 is 5.32 Å². The van der Waals surface area contributed by atoms with Crippen LogP contribution in [-0.4, -0.2) is 33.5 Å². The van der Waals surface area contributed by atoms with Crippen LogP contribution in [0.5, 0.6) is 0 Å². The molecule has 22 heavy (non-hydrogen) atoms. The van der Waals surface area contributed by atoms with E-state index in [9.17, 15) is 22.8 Å². The third-order valence-electron chi connectivity index (χ3n) is 3.35. The highest BCUT2D eigenvalue weighted by Crippen LogP contribution is 2.37. The minimum atomic E-state index is -4.54. The van der Waals surface area contributed by atoms with E-state index >= 15 is 0 Å². The Morgan fingerprint density at radius 1 is 1.36 bits per heavy atom. The highest BCUT2D eigenvalue weighted by Gasteiger charge is 2.34. The number of carboxylic acids is 1. The van der Waals surface area contributed by atoms with Crippen molar-refractivity contribution in [1.29, 1.82) is 0 Å². The van der Waals surface area contributed by atoms with Crippen molar-refractivity contribution >= 4 is 23.6 Å². The monoisotopic (exact) mass is 334 g/mol. The molecular weight excluding hydrogens is 321 g/mol. The summed E-state index contributed by atoms with van der Waals surface area (Å²) in [5.74, 6) is -2.12. The number of rotatable bonds is 4. The standard InChI is InChI=1S/C13H13F3N2O3S/c14-13(15,16)22-11-9(2-1-5-17-11)10(19)18-8-4-3-7(6-8)12(20)21/h1-2,5,7-8H,3-4,6H2,(H,18,19)(H,20,21)/t7-,8+/m1/s1. The Balaban J connectivity index is 2.06. The molecule has 0 spiro atoms. The van der Waals surface area contributed by atoms with Crippen molar-refractivity contribution < 1.29 is 27.9 Å². The molecule has 9 heteroatoms. The van der Waals surface area contributed by atoms with Gasteiger partial charge in [-0.1, -0.05) is 0 Å². The van der Waals surface area contributed by atoms with E-state index in [1.165, 1.54) is 18.3 Å². The second kappa shape index (κ2) is 6.55. The van der Waals surface area contributed by atoms with Gasteiger partial charge in [-0.2, -0.15) is 13.2 Å². The maximum Gasteiger partial charge on any atom is 0.447 e. The summed E-state index contributed by atoms with van der Waals surface area (Å²) in [7, 11) is 0. The van der Waals surface area contributed by atoms with Crippen molar-refractivity contribution in [1.82, 2.24) is 10.3 Å². The van der Waals surface area contributed by atoms with E-state index in [1.807, 2.05) is 0 Å². The number of hydrogen-bond acceptors (Lipinski definition) is 4. The molecule has 1 saturated carbocycles. The number of carbonyl (C=O) groups excluding carboxylic acids is 1. The van der Waals surface area contributed by atoms with E-state index in [0.29, 0.717) is 12.8 Å². The Bertz CT molecular complexity index is 580. The largest absolute Gasteiger partial charge is 0.481 e. The van der Waals surface area contributed by atoms with Gasteiger partial charge in [0.1, 0.15) is 5.03 Å². The number of aliphatic carboxylic acids is 1. The molecule has 0 saturated heterocycles. The molecule has 5 nitrogen and oxygen atoms in total. The molecule has 1 amide bonds. The van der Waals surface area contributed by atoms with E-state index in [1.54, 1.807) is 0 Å². The number of carboxylic acid groups (broad SMARTS) is 1. The lowest BCUT2D eigenvalue weighted by atomic mass is 10.1. The van der Waals surface area contributed by atoms with Crippen molar-refractivity contribution in [2.45, 2.75) is 35.8 Å². The van der Waals surface area contributed by atoms with Gasteiger partial charge < -0.3 is 10.4 Å². The number of pyridine rings is 1. The predicted molar refractivity (Wildman–Crippen MR) is 72.4 cm³/mol. The van der Waals surface area contributed by atoms with Crippen molar-refractivity contribution in [3.63, 3.8) is 0 Å². The molecule has 1 aromatic heterocycles. The van der Waals surface area contributed by atoms with Gasteiger partial charge in [-0.25, -0.2) is 4.98 Å². The fourth-order valence-corrected chi connectivity index (χ4v) is 2.96.